The summed E-state index contributed by atoms with van der Waals surface area (Å²) >= 11 is 6.00. The molecule has 1 N–H and O–H groups in total. The van der Waals surface area contributed by atoms with Gasteiger partial charge >= 0.3 is 0 Å². The topological polar surface area (TPSA) is 77.1 Å². The fourth-order valence-electron chi connectivity index (χ4n) is 2.61. The minimum atomic E-state index is -0.363. The Bertz CT molecular complexity index is 855. The first kappa shape index (κ1) is 17.9. The third-order valence-electron chi connectivity index (χ3n) is 3.83. The number of hydrogen-bond acceptors (Lipinski definition) is 5. The Labute approximate surface area is 155 Å². The highest BCUT2D eigenvalue weighted by Crippen LogP contribution is 2.34. The first-order chi connectivity index (χ1) is 12.5. The Morgan fingerprint density at radius 1 is 1.19 bits per heavy atom. The van der Waals surface area contributed by atoms with E-state index >= 15 is 0 Å². The van der Waals surface area contributed by atoms with Gasteiger partial charge in [-0.15, -0.1) is 0 Å². The van der Waals surface area contributed by atoms with Crippen LogP contribution in [0.2, 0.25) is 5.02 Å². The molecule has 136 valence electrons. The summed E-state index contributed by atoms with van der Waals surface area (Å²) in [6.45, 7) is -0.290. The van der Waals surface area contributed by atoms with Gasteiger partial charge in [-0.05, 0) is 30.3 Å². The number of benzene rings is 2. The Morgan fingerprint density at radius 3 is 2.69 bits per heavy atom. The smallest absolute Gasteiger partial charge is 0.265 e. The Balaban J connectivity index is 1.76. The summed E-state index contributed by atoms with van der Waals surface area (Å²) in [6, 6.07) is 9.94. The first-order valence-corrected chi connectivity index (χ1v) is 8.14. The number of hydrogen-bond donors (Lipinski definition) is 1. The van der Waals surface area contributed by atoms with E-state index in [-0.39, 0.29) is 25.0 Å². The number of rotatable bonds is 5. The van der Waals surface area contributed by atoms with E-state index < -0.39 is 0 Å². The van der Waals surface area contributed by atoms with Gasteiger partial charge in [0.05, 0.1) is 19.9 Å². The molecule has 0 saturated heterocycles. The van der Waals surface area contributed by atoms with Crippen LogP contribution < -0.4 is 24.4 Å². The van der Waals surface area contributed by atoms with E-state index in [9.17, 15) is 9.59 Å². The Kier molecular flexibility index (Phi) is 5.18. The van der Waals surface area contributed by atoms with E-state index in [1.807, 2.05) is 0 Å². The van der Waals surface area contributed by atoms with Crippen LogP contribution >= 0.6 is 11.6 Å². The third-order valence-corrected chi connectivity index (χ3v) is 4.07. The maximum Gasteiger partial charge on any atom is 0.265 e. The lowest BCUT2D eigenvalue weighted by Gasteiger charge is -2.29. The molecule has 0 atom stereocenters. The summed E-state index contributed by atoms with van der Waals surface area (Å²) in [6.07, 6.45) is 0. The molecule has 3 rings (SSSR count). The van der Waals surface area contributed by atoms with E-state index in [4.69, 9.17) is 25.8 Å². The highest BCUT2D eigenvalue weighted by molar-refractivity contribution is 6.31. The fraction of sp³-hybridized carbons (Fsp3) is 0.222. The lowest BCUT2D eigenvalue weighted by Crippen LogP contribution is -2.43. The number of carbonyl (C=O) groups is 2. The molecule has 8 heteroatoms. The highest BCUT2D eigenvalue weighted by atomic mass is 35.5. The van der Waals surface area contributed by atoms with Crippen molar-refractivity contribution in [2.24, 2.45) is 0 Å². The van der Waals surface area contributed by atoms with Crippen molar-refractivity contribution in [3.05, 3.63) is 41.4 Å². The molecular formula is C18H17ClN2O5. The summed E-state index contributed by atoms with van der Waals surface area (Å²) in [5.74, 6) is 0.871. The number of anilines is 2. The zero-order valence-electron chi connectivity index (χ0n) is 14.2. The van der Waals surface area contributed by atoms with Crippen molar-refractivity contribution >= 4 is 34.8 Å². The number of fused-ring (bicyclic) bond motifs is 1. The van der Waals surface area contributed by atoms with Crippen molar-refractivity contribution in [2.45, 2.75) is 0 Å². The molecule has 7 nitrogen and oxygen atoms in total. The maximum absolute atomic E-state index is 12.4. The van der Waals surface area contributed by atoms with Gasteiger partial charge < -0.3 is 19.5 Å². The molecular weight excluding hydrogens is 360 g/mol. The standard InChI is InChI=1S/C18H17ClN2O5/c1-24-15-6-4-12(8-16(15)25-2)20-17(22)9-21-13-7-11(19)3-5-14(13)26-10-18(21)23/h3-8H,9-10H2,1-2H3,(H,20,22). The van der Waals surface area contributed by atoms with E-state index in [1.54, 1.807) is 36.4 Å². The second-order valence-corrected chi connectivity index (χ2v) is 5.93. The highest BCUT2D eigenvalue weighted by Gasteiger charge is 2.27. The van der Waals surface area contributed by atoms with E-state index in [2.05, 4.69) is 5.32 Å². The predicted octanol–water partition coefficient (Wildman–Crippen LogP) is 2.72. The lowest BCUT2D eigenvalue weighted by atomic mass is 10.2. The molecule has 2 aromatic rings. The summed E-state index contributed by atoms with van der Waals surface area (Å²) in [4.78, 5) is 26.0. The van der Waals surface area contributed by atoms with Gasteiger partial charge in [0, 0.05) is 16.8 Å². The van der Waals surface area contributed by atoms with Crippen molar-refractivity contribution in [2.75, 3.05) is 37.6 Å². The number of nitrogens with zero attached hydrogens (tertiary/aromatic N) is 1. The minimum absolute atomic E-state index is 0.127. The number of ether oxygens (including phenoxy) is 3. The molecule has 2 amide bonds. The van der Waals surface area contributed by atoms with Crippen molar-refractivity contribution in [3.8, 4) is 17.2 Å². The number of methoxy groups -OCH3 is 2. The number of amides is 2. The molecule has 0 radical (unpaired) electrons. The molecule has 0 aromatic heterocycles. The van der Waals surface area contributed by atoms with Crippen molar-refractivity contribution in [3.63, 3.8) is 0 Å². The third kappa shape index (κ3) is 3.67. The summed E-state index contributed by atoms with van der Waals surface area (Å²) in [5, 5.41) is 3.19. The van der Waals surface area contributed by atoms with E-state index in [0.29, 0.717) is 33.6 Å². The van der Waals surface area contributed by atoms with Crippen LogP contribution in [-0.4, -0.2) is 39.2 Å². The minimum Gasteiger partial charge on any atom is -0.493 e. The van der Waals surface area contributed by atoms with Gasteiger partial charge in [0.25, 0.3) is 5.91 Å². The molecule has 0 unspecified atom stereocenters. The summed E-state index contributed by atoms with van der Waals surface area (Å²) in [7, 11) is 3.04. The number of halogens is 1. The van der Waals surface area contributed by atoms with Crippen LogP contribution in [-0.2, 0) is 9.59 Å². The van der Waals surface area contributed by atoms with Crippen LogP contribution in [0.5, 0.6) is 17.2 Å². The second-order valence-electron chi connectivity index (χ2n) is 5.50. The normalized spacial score (nSPS) is 12.9. The van der Waals surface area contributed by atoms with Gasteiger partial charge in [0.1, 0.15) is 12.3 Å². The van der Waals surface area contributed by atoms with Crippen molar-refractivity contribution < 1.29 is 23.8 Å². The van der Waals surface area contributed by atoms with Crippen LogP contribution in [0, 0.1) is 0 Å². The average Bonchev–Trinajstić information content (AvgIpc) is 2.64. The largest absolute Gasteiger partial charge is 0.493 e. The van der Waals surface area contributed by atoms with Gasteiger partial charge in [-0.3, -0.25) is 14.5 Å². The fourth-order valence-corrected chi connectivity index (χ4v) is 2.77. The lowest BCUT2D eigenvalue weighted by molar-refractivity contribution is -0.123. The van der Waals surface area contributed by atoms with E-state index in [1.165, 1.54) is 19.1 Å². The van der Waals surface area contributed by atoms with Gasteiger partial charge in [0.2, 0.25) is 5.91 Å². The van der Waals surface area contributed by atoms with Gasteiger partial charge in [-0.1, -0.05) is 11.6 Å². The van der Waals surface area contributed by atoms with Crippen LogP contribution in [0.25, 0.3) is 0 Å². The van der Waals surface area contributed by atoms with Crippen LogP contribution in [0.1, 0.15) is 0 Å². The predicted molar refractivity (Wildman–Crippen MR) is 97.5 cm³/mol. The molecule has 0 fully saturated rings. The van der Waals surface area contributed by atoms with Crippen LogP contribution in [0.4, 0.5) is 11.4 Å². The molecule has 26 heavy (non-hydrogen) atoms. The second kappa shape index (κ2) is 7.53. The van der Waals surface area contributed by atoms with Crippen LogP contribution in [0.15, 0.2) is 36.4 Å². The van der Waals surface area contributed by atoms with Gasteiger partial charge in [-0.25, -0.2) is 0 Å². The first-order valence-electron chi connectivity index (χ1n) is 7.76. The Morgan fingerprint density at radius 2 is 1.96 bits per heavy atom. The monoisotopic (exact) mass is 376 g/mol. The number of carbonyl (C=O) groups excluding carboxylic acids is 2. The van der Waals surface area contributed by atoms with Gasteiger partial charge in [0.15, 0.2) is 18.1 Å². The zero-order chi connectivity index (χ0) is 18.7. The van der Waals surface area contributed by atoms with Gasteiger partial charge in [-0.2, -0.15) is 0 Å². The van der Waals surface area contributed by atoms with Crippen LogP contribution in [0.3, 0.4) is 0 Å². The summed E-state index contributed by atoms with van der Waals surface area (Å²) < 4.78 is 15.7. The number of nitrogens with one attached hydrogen (secondary N) is 1. The molecule has 0 bridgehead atoms. The average molecular weight is 377 g/mol. The SMILES string of the molecule is COc1ccc(NC(=O)CN2C(=O)COc3ccc(Cl)cc32)cc1OC. The quantitative estimate of drug-likeness (QED) is 0.868. The van der Waals surface area contributed by atoms with Crippen molar-refractivity contribution in [1.29, 1.82) is 0 Å². The molecule has 0 spiro atoms. The maximum atomic E-state index is 12.4. The molecule has 1 heterocycles. The summed E-state index contributed by atoms with van der Waals surface area (Å²) in [5.41, 5.74) is 0.996. The zero-order valence-corrected chi connectivity index (χ0v) is 15.0. The molecule has 0 saturated carbocycles. The Hall–Kier alpha value is -2.93. The molecule has 2 aromatic carbocycles. The molecule has 0 aliphatic carbocycles. The molecule has 1 aliphatic rings. The van der Waals surface area contributed by atoms with Crippen molar-refractivity contribution in [1.82, 2.24) is 0 Å². The molecule has 1 aliphatic heterocycles. The van der Waals surface area contributed by atoms with E-state index in [0.717, 1.165) is 0 Å².